The van der Waals surface area contributed by atoms with Gasteiger partial charge in [-0.15, -0.1) is 0 Å². The Morgan fingerprint density at radius 3 is 2.40 bits per heavy atom. The van der Waals surface area contributed by atoms with E-state index in [1.807, 2.05) is 30.3 Å². The lowest BCUT2D eigenvalue weighted by Gasteiger charge is -2.12. The third-order valence-electron chi connectivity index (χ3n) is 4.06. The minimum atomic E-state index is -0.298. The van der Waals surface area contributed by atoms with E-state index in [1.54, 1.807) is 31.2 Å². The zero-order valence-electron chi connectivity index (χ0n) is 14.1. The van der Waals surface area contributed by atoms with Crippen LogP contribution in [-0.4, -0.2) is 16.3 Å². The number of nitrogens with one attached hydrogen (secondary N) is 1. The number of ketones is 1. The van der Waals surface area contributed by atoms with Crippen LogP contribution in [0.5, 0.6) is 0 Å². The van der Waals surface area contributed by atoms with Crippen molar-refractivity contribution < 1.29 is 9.59 Å². The fourth-order valence-electron chi connectivity index (χ4n) is 2.76. The summed E-state index contributed by atoms with van der Waals surface area (Å²) in [4.78, 5) is 36.1. The van der Waals surface area contributed by atoms with Gasteiger partial charge >= 0.3 is 0 Å². The van der Waals surface area contributed by atoms with Crippen LogP contribution in [0.15, 0.2) is 59.4 Å². The average Bonchev–Trinajstić information content (AvgIpc) is 2.59. The van der Waals surface area contributed by atoms with Gasteiger partial charge in [-0.05, 0) is 55.6 Å². The van der Waals surface area contributed by atoms with Crippen molar-refractivity contribution in [2.75, 3.05) is 5.32 Å². The molecule has 0 fully saturated rings. The van der Waals surface area contributed by atoms with Crippen LogP contribution in [0.25, 0.3) is 10.9 Å². The van der Waals surface area contributed by atoms with E-state index >= 15 is 0 Å². The maximum absolute atomic E-state index is 12.4. The van der Waals surface area contributed by atoms with Crippen LogP contribution in [0.2, 0.25) is 0 Å². The molecular weight excluding hydrogens is 316 g/mol. The lowest BCUT2D eigenvalue weighted by Crippen LogP contribution is -2.29. The van der Waals surface area contributed by atoms with Crippen molar-refractivity contribution >= 4 is 28.3 Å². The number of rotatable bonds is 4. The van der Waals surface area contributed by atoms with Gasteiger partial charge in [0, 0.05) is 16.8 Å². The lowest BCUT2D eigenvalue weighted by molar-refractivity contribution is -0.116. The molecule has 3 aromatic rings. The SMILES string of the molecule is CC(=O)c1ccc(NC(=O)Cn2c(=O)c(C)cc3ccccc32)cc1. The van der Waals surface area contributed by atoms with E-state index in [4.69, 9.17) is 0 Å². The summed E-state index contributed by atoms with van der Waals surface area (Å²) >= 11 is 0. The van der Waals surface area contributed by atoms with Crippen LogP contribution >= 0.6 is 0 Å². The third-order valence-corrected chi connectivity index (χ3v) is 4.06. The number of hydrogen-bond donors (Lipinski definition) is 1. The second-order valence-corrected chi connectivity index (χ2v) is 5.96. The monoisotopic (exact) mass is 334 g/mol. The first kappa shape index (κ1) is 16.6. The van der Waals surface area contributed by atoms with Gasteiger partial charge in [-0.25, -0.2) is 0 Å². The summed E-state index contributed by atoms with van der Waals surface area (Å²) in [5, 5.41) is 3.67. The zero-order valence-corrected chi connectivity index (χ0v) is 14.1. The molecule has 1 N–H and O–H groups in total. The molecule has 0 aliphatic rings. The van der Waals surface area contributed by atoms with E-state index in [0.717, 1.165) is 10.9 Å². The molecule has 0 atom stereocenters. The summed E-state index contributed by atoms with van der Waals surface area (Å²) in [6.07, 6.45) is 0. The molecule has 5 nitrogen and oxygen atoms in total. The highest BCUT2D eigenvalue weighted by atomic mass is 16.2. The van der Waals surface area contributed by atoms with Gasteiger partial charge in [0.05, 0.1) is 5.52 Å². The van der Waals surface area contributed by atoms with Crippen molar-refractivity contribution in [1.29, 1.82) is 0 Å². The number of aromatic nitrogens is 1. The first-order chi connectivity index (χ1) is 12.0. The van der Waals surface area contributed by atoms with Crippen LogP contribution < -0.4 is 10.9 Å². The topological polar surface area (TPSA) is 68.2 Å². The molecule has 126 valence electrons. The normalized spacial score (nSPS) is 10.6. The summed E-state index contributed by atoms with van der Waals surface area (Å²) in [6, 6.07) is 16.0. The molecule has 1 aromatic heterocycles. The average molecular weight is 334 g/mol. The van der Waals surface area contributed by atoms with Gasteiger partial charge in [0.1, 0.15) is 6.54 Å². The second-order valence-electron chi connectivity index (χ2n) is 5.96. The number of amides is 1. The Morgan fingerprint density at radius 2 is 1.72 bits per heavy atom. The highest BCUT2D eigenvalue weighted by molar-refractivity contribution is 5.95. The third kappa shape index (κ3) is 3.50. The predicted molar refractivity (Wildman–Crippen MR) is 98.0 cm³/mol. The van der Waals surface area contributed by atoms with Gasteiger partial charge in [0.25, 0.3) is 5.56 Å². The number of carbonyl (C=O) groups excluding carboxylic acids is 2. The Balaban J connectivity index is 1.86. The van der Waals surface area contributed by atoms with E-state index in [-0.39, 0.29) is 23.8 Å². The number of carbonyl (C=O) groups is 2. The quantitative estimate of drug-likeness (QED) is 0.745. The molecule has 1 heterocycles. The molecule has 3 rings (SSSR count). The van der Waals surface area contributed by atoms with Gasteiger partial charge in [-0.3, -0.25) is 19.0 Å². The molecule has 0 saturated heterocycles. The molecule has 0 radical (unpaired) electrons. The molecular formula is C20H18N2O3. The van der Waals surface area contributed by atoms with Gasteiger partial charge in [0.2, 0.25) is 5.91 Å². The highest BCUT2D eigenvalue weighted by Crippen LogP contribution is 2.14. The molecule has 2 aromatic carbocycles. The number of nitrogens with zero attached hydrogens (tertiary/aromatic N) is 1. The standard InChI is InChI=1S/C20H18N2O3/c1-13-11-16-5-3-4-6-18(16)22(20(13)25)12-19(24)21-17-9-7-15(8-10-17)14(2)23/h3-11H,12H2,1-2H3,(H,21,24). The number of para-hydroxylation sites is 1. The maximum Gasteiger partial charge on any atom is 0.254 e. The summed E-state index contributed by atoms with van der Waals surface area (Å²) in [6.45, 7) is 3.15. The number of pyridine rings is 1. The van der Waals surface area contributed by atoms with Crippen LogP contribution in [0, 0.1) is 6.92 Å². The molecule has 0 spiro atoms. The minimum absolute atomic E-state index is 0.0318. The molecule has 0 aliphatic heterocycles. The summed E-state index contributed by atoms with van der Waals surface area (Å²) in [5.74, 6) is -0.330. The van der Waals surface area contributed by atoms with Crippen molar-refractivity contribution in [3.8, 4) is 0 Å². The van der Waals surface area contributed by atoms with Gasteiger partial charge in [0.15, 0.2) is 5.78 Å². The van der Waals surface area contributed by atoms with Crippen LogP contribution in [-0.2, 0) is 11.3 Å². The first-order valence-electron chi connectivity index (χ1n) is 7.96. The number of Topliss-reactive ketones (excluding diaryl/α,β-unsaturated/α-hetero) is 1. The Bertz CT molecular complexity index is 1020. The van der Waals surface area contributed by atoms with Crippen LogP contribution in [0.1, 0.15) is 22.8 Å². The maximum atomic E-state index is 12.4. The number of aryl methyl sites for hydroxylation is 1. The Hall–Kier alpha value is -3.21. The molecule has 1 amide bonds. The predicted octanol–water partition coefficient (Wildman–Crippen LogP) is 3.15. The highest BCUT2D eigenvalue weighted by Gasteiger charge is 2.11. The number of fused-ring (bicyclic) bond motifs is 1. The number of benzene rings is 2. The second kappa shape index (κ2) is 6.73. The van der Waals surface area contributed by atoms with Crippen LogP contribution in [0.4, 0.5) is 5.69 Å². The fourth-order valence-corrected chi connectivity index (χ4v) is 2.76. The Labute approximate surface area is 144 Å². The van der Waals surface area contributed by atoms with Crippen molar-refractivity contribution in [3.63, 3.8) is 0 Å². The first-order valence-corrected chi connectivity index (χ1v) is 7.96. The van der Waals surface area contributed by atoms with Crippen LogP contribution in [0.3, 0.4) is 0 Å². The van der Waals surface area contributed by atoms with Gasteiger partial charge in [-0.1, -0.05) is 18.2 Å². The van der Waals surface area contributed by atoms with E-state index in [9.17, 15) is 14.4 Å². The lowest BCUT2D eigenvalue weighted by atomic mass is 10.1. The van der Waals surface area contributed by atoms with E-state index in [2.05, 4.69) is 5.32 Å². The van der Waals surface area contributed by atoms with Gasteiger partial charge in [-0.2, -0.15) is 0 Å². The summed E-state index contributed by atoms with van der Waals surface area (Å²) in [5.41, 5.74) is 2.30. The van der Waals surface area contributed by atoms with E-state index in [1.165, 1.54) is 11.5 Å². The Morgan fingerprint density at radius 1 is 1.04 bits per heavy atom. The Kier molecular flexibility index (Phi) is 4.48. The zero-order chi connectivity index (χ0) is 18.0. The van der Waals surface area contributed by atoms with Crippen molar-refractivity contribution in [1.82, 2.24) is 4.57 Å². The fraction of sp³-hybridized carbons (Fsp3) is 0.150. The van der Waals surface area contributed by atoms with Gasteiger partial charge < -0.3 is 5.32 Å². The van der Waals surface area contributed by atoms with E-state index < -0.39 is 0 Å². The van der Waals surface area contributed by atoms with Crippen molar-refractivity contribution in [2.24, 2.45) is 0 Å². The largest absolute Gasteiger partial charge is 0.325 e. The number of anilines is 1. The molecule has 0 unspecified atom stereocenters. The molecule has 25 heavy (non-hydrogen) atoms. The number of hydrogen-bond acceptors (Lipinski definition) is 3. The molecule has 5 heteroatoms. The molecule has 0 aliphatic carbocycles. The minimum Gasteiger partial charge on any atom is -0.325 e. The summed E-state index contributed by atoms with van der Waals surface area (Å²) in [7, 11) is 0. The summed E-state index contributed by atoms with van der Waals surface area (Å²) < 4.78 is 1.48. The molecule has 0 saturated carbocycles. The van der Waals surface area contributed by atoms with E-state index in [0.29, 0.717) is 16.8 Å². The smallest absolute Gasteiger partial charge is 0.254 e. The van der Waals surface area contributed by atoms with Crippen molar-refractivity contribution in [3.05, 3.63) is 76.1 Å². The van der Waals surface area contributed by atoms with Crippen molar-refractivity contribution in [2.45, 2.75) is 20.4 Å². The molecule has 0 bridgehead atoms.